The molecule has 1 aromatic heterocycles. The molecular weight excluding hydrogens is 468 g/mol. The van der Waals surface area contributed by atoms with Crippen molar-refractivity contribution >= 4 is 23.7 Å². The van der Waals surface area contributed by atoms with E-state index in [0.717, 1.165) is 5.56 Å². The number of amides is 3. The summed E-state index contributed by atoms with van der Waals surface area (Å²) >= 11 is 0. The van der Waals surface area contributed by atoms with E-state index < -0.39 is 54.5 Å². The Hall–Kier alpha value is -3.77. The van der Waals surface area contributed by atoms with Gasteiger partial charge < -0.3 is 36.9 Å². The summed E-state index contributed by atoms with van der Waals surface area (Å²) in [6, 6.07) is 4.39. The third kappa shape index (κ3) is 9.12. The Bertz CT molecular complexity index is 998. The lowest BCUT2D eigenvalue weighted by Gasteiger charge is -2.24. The first-order valence-corrected chi connectivity index (χ1v) is 11.6. The Morgan fingerprint density at radius 1 is 0.944 bits per heavy atom. The van der Waals surface area contributed by atoms with Gasteiger partial charge >= 0.3 is 5.97 Å². The summed E-state index contributed by atoms with van der Waals surface area (Å²) in [7, 11) is 0. The molecule has 1 aromatic carbocycles. The fraction of sp³-hybridized carbons (Fsp3) is 0.458. The number of carboxylic acids is 1. The molecule has 1 heterocycles. The van der Waals surface area contributed by atoms with E-state index in [1.54, 1.807) is 0 Å². The van der Waals surface area contributed by atoms with Gasteiger partial charge in [0.05, 0.1) is 19.0 Å². The Kier molecular flexibility index (Phi) is 11.0. The number of carbonyl (C=O) groups is 4. The molecule has 0 saturated heterocycles. The maximum atomic E-state index is 13.0. The molecule has 2 aromatic rings. The highest BCUT2D eigenvalue weighted by molar-refractivity contribution is 5.94. The quantitative estimate of drug-likeness (QED) is 0.172. The molecule has 0 aliphatic heterocycles. The number of rotatable bonds is 14. The number of aliphatic hydroxyl groups is 1. The average molecular weight is 503 g/mol. The van der Waals surface area contributed by atoms with E-state index in [1.165, 1.54) is 12.5 Å². The van der Waals surface area contributed by atoms with Crippen molar-refractivity contribution in [3.05, 3.63) is 54.1 Å². The zero-order valence-corrected chi connectivity index (χ0v) is 20.3. The molecule has 12 heteroatoms. The van der Waals surface area contributed by atoms with E-state index in [4.69, 9.17) is 5.73 Å². The van der Waals surface area contributed by atoms with Crippen molar-refractivity contribution in [1.82, 2.24) is 25.9 Å². The van der Waals surface area contributed by atoms with Gasteiger partial charge in [-0.05, 0) is 24.3 Å². The van der Waals surface area contributed by atoms with Crippen LogP contribution in [0.25, 0.3) is 0 Å². The highest BCUT2D eigenvalue weighted by Crippen LogP contribution is 2.07. The molecule has 12 nitrogen and oxygen atoms in total. The number of aromatic amines is 1. The van der Waals surface area contributed by atoms with Crippen molar-refractivity contribution in [2.45, 2.75) is 57.3 Å². The normalized spacial score (nSPS) is 14.4. The second kappa shape index (κ2) is 14.0. The molecule has 0 bridgehead atoms. The topological polar surface area (TPSA) is 200 Å². The molecule has 0 radical (unpaired) electrons. The van der Waals surface area contributed by atoms with Gasteiger partial charge in [-0.25, -0.2) is 9.78 Å². The summed E-state index contributed by atoms with van der Waals surface area (Å²) in [5.41, 5.74) is 7.30. The molecular formula is C24H34N6O6. The highest BCUT2D eigenvalue weighted by Gasteiger charge is 2.30. The summed E-state index contributed by atoms with van der Waals surface area (Å²) in [4.78, 5) is 56.7. The first kappa shape index (κ1) is 28.5. The molecule has 0 aliphatic rings. The number of carboxylic acid groups (broad SMARTS) is 1. The molecule has 36 heavy (non-hydrogen) atoms. The van der Waals surface area contributed by atoms with Crippen molar-refractivity contribution in [2.75, 3.05) is 6.61 Å². The minimum atomic E-state index is -1.37. The standard InChI is InChI=1S/C24H34N6O6/c1-14(2)8-19(24(35)36)29-22(33)18(10-16-11-26-13-27-16)28-23(34)20(12-31)30-21(32)17(25)9-15-6-4-3-5-7-15/h3-7,11,13-14,17-20,31H,8-10,12,25H2,1-2H3,(H,26,27)(H,28,34)(H,29,33)(H,30,32)(H,35,36). The number of aliphatic hydroxyl groups excluding tert-OH is 1. The van der Waals surface area contributed by atoms with Gasteiger partial charge in [-0.2, -0.15) is 0 Å². The van der Waals surface area contributed by atoms with Crippen LogP contribution in [0.1, 0.15) is 31.5 Å². The number of H-pyrrole nitrogens is 1. The summed E-state index contributed by atoms with van der Waals surface area (Å²) in [5, 5.41) is 26.5. The predicted octanol–water partition coefficient (Wildman–Crippen LogP) is -0.900. The maximum Gasteiger partial charge on any atom is 0.326 e. The molecule has 4 atom stereocenters. The van der Waals surface area contributed by atoms with Crippen LogP contribution < -0.4 is 21.7 Å². The minimum absolute atomic E-state index is 0.00104. The van der Waals surface area contributed by atoms with E-state index >= 15 is 0 Å². The molecule has 196 valence electrons. The van der Waals surface area contributed by atoms with E-state index in [1.807, 2.05) is 44.2 Å². The summed E-state index contributed by atoms with van der Waals surface area (Å²) in [6.07, 6.45) is 3.26. The Morgan fingerprint density at radius 2 is 1.56 bits per heavy atom. The van der Waals surface area contributed by atoms with Crippen molar-refractivity contribution in [3.8, 4) is 0 Å². The van der Waals surface area contributed by atoms with Crippen LogP contribution in [0.3, 0.4) is 0 Å². The van der Waals surface area contributed by atoms with Gasteiger partial charge in [-0.15, -0.1) is 0 Å². The van der Waals surface area contributed by atoms with Gasteiger partial charge in [0.25, 0.3) is 0 Å². The maximum absolute atomic E-state index is 13.0. The van der Waals surface area contributed by atoms with Crippen LogP contribution in [0, 0.1) is 5.92 Å². The molecule has 3 amide bonds. The summed E-state index contributed by atoms with van der Waals surface area (Å²) in [6.45, 7) is 2.91. The first-order chi connectivity index (χ1) is 17.1. The van der Waals surface area contributed by atoms with Crippen LogP contribution >= 0.6 is 0 Å². The molecule has 4 unspecified atom stereocenters. The monoisotopic (exact) mass is 502 g/mol. The van der Waals surface area contributed by atoms with Crippen LogP contribution in [0.2, 0.25) is 0 Å². The molecule has 0 aliphatic carbocycles. The lowest BCUT2D eigenvalue weighted by Crippen LogP contribution is -2.58. The average Bonchev–Trinajstić information content (AvgIpc) is 3.34. The Balaban J connectivity index is 2.08. The Morgan fingerprint density at radius 3 is 2.11 bits per heavy atom. The second-order valence-electron chi connectivity index (χ2n) is 8.91. The van der Waals surface area contributed by atoms with Crippen molar-refractivity contribution in [3.63, 3.8) is 0 Å². The van der Waals surface area contributed by atoms with Crippen LogP contribution in [-0.2, 0) is 32.0 Å². The number of hydrogen-bond donors (Lipinski definition) is 7. The van der Waals surface area contributed by atoms with Crippen LogP contribution in [0.4, 0.5) is 0 Å². The lowest BCUT2D eigenvalue weighted by molar-refractivity contribution is -0.142. The van der Waals surface area contributed by atoms with Crippen molar-refractivity contribution in [2.24, 2.45) is 11.7 Å². The fourth-order valence-electron chi connectivity index (χ4n) is 3.50. The van der Waals surface area contributed by atoms with Crippen molar-refractivity contribution in [1.29, 1.82) is 0 Å². The van der Waals surface area contributed by atoms with Gasteiger partial charge in [-0.1, -0.05) is 44.2 Å². The summed E-state index contributed by atoms with van der Waals surface area (Å²) in [5.74, 6) is -3.40. The number of nitrogens with two attached hydrogens (primary N) is 1. The first-order valence-electron chi connectivity index (χ1n) is 11.6. The predicted molar refractivity (Wildman–Crippen MR) is 130 cm³/mol. The van der Waals surface area contributed by atoms with Gasteiger partial charge in [0.1, 0.15) is 18.1 Å². The van der Waals surface area contributed by atoms with Gasteiger partial charge in [-0.3, -0.25) is 14.4 Å². The number of benzene rings is 1. The third-order valence-corrected chi connectivity index (χ3v) is 5.38. The second-order valence-corrected chi connectivity index (χ2v) is 8.91. The number of carbonyl (C=O) groups excluding carboxylic acids is 3. The fourth-order valence-corrected chi connectivity index (χ4v) is 3.50. The van der Waals surface area contributed by atoms with E-state index in [9.17, 15) is 29.4 Å². The van der Waals surface area contributed by atoms with Crippen LogP contribution in [0.5, 0.6) is 0 Å². The number of nitrogens with zero attached hydrogens (tertiary/aromatic N) is 1. The molecule has 2 rings (SSSR count). The van der Waals surface area contributed by atoms with E-state index in [-0.39, 0.29) is 25.2 Å². The zero-order valence-electron chi connectivity index (χ0n) is 20.3. The largest absolute Gasteiger partial charge is 0.480 e. The SMILES string of the molecule is CC(C)CC(NC(=O)C(Cc1cnc[nH]1)NC(=O)C(CO)NC(=O)C(N)Cc1ccccc1)C(=O)O. The van der Waals surface area contributed by atoms with E-state index in [0.29, 0.717) is 5.69 Å². The minimum Gasteiger partial charge on any atom is -0.480 e. The van der Waals surface area contributed by atoms with Crippen molar-refractivity contribution < 1.29 is 29.4 Å². The lowest BCUT2D eigenvalue weighted by atomic mass is 10.0. The van der Waals surface area contributed by atoms with Gasteiger partial charge in [0.15, 0.2) is 0 Å². The Labute approximate surface area is 209 Å². The number of imidazole rings is 1. The highest BCUT2D eigenvalue weighted by atomic mass is 16.4. The number of aliphatic carboxylic acids is 1. The van der Waals surface area contributed by atoms with Gasteiger partial charge in [0, 0.05) is 18.3 Å². The third-order valence-electron chi connectivity index (χ3n) is 5.38. The number of hydrogen-bond acceptors (Lipinski definition) is 7. The number of nitrogens with one attached hydrogen (secondary N) is 4. The molecule has 0 fully saturated rings. The molecule has 8 N–H and O–H groups in total. The number of aromatic nitrogens is 2. The van der Waals surface area contributed by atoms with Crippen LogP contribution in [-0.4, -0.2) is 74.6 Å². The zero-order chi connectivity index (χ0) is 26.7. The molecule has 0 spiro atoms. The summed E-state index contributed by atoms with van der Waals surface area (Å²) < 4.78 is 0. The van der Waals surface area contributed by atoms with Crippen LogP contribution in [0.15, 0.2) is 42.9 Å². The van der Waals surface area contributed by atoms with Gasteiger partial charge in [0.2, 0.25) is 17.7 Å². The van der Waals surface area contributed by atoms with E-state index in [2.05, 4.69) is 25.9 Å². The molecule has 0 saturated carbocycles. The smallest absolute Gasteiger partial charge is 0.326 e.